The van der Waals surface area contributed by atoms with Gasteiger partial charge in [0.2, 0.25) is 0 Å². The number of amides is 1. The topological polar surface area (TPSA) is 70.8 Å². The summed E-state index contributed by atoms with van der Waals surface area (Å²) in [5.74, 6) is 1.88. The van der Waals surface area contributed by atoms with E-state index in [1.165, 1.54) is 0 Å². The molecule has 0 fully saturated rings. The van der Waals surface area contributed by atoms with Crippen LogP contribution in [-0.2, 0) is 6.42 Å². The van der Waals surface area contributed by atoms with Crippen LogP contribution in [0.2, 0.25) is 0 Å². The maximum atomic E-state index is 10.7. The van der Waals surface area contributed by atoms with E-state index in [0.29, 0.717) is 11.5 Å². The maximum Gasteiger partial charge on any atom is 0.409 e. The predicted molar refractivity (Wildman–Crippen MR) is 87.9 cm³/mol. The molecule has 2 N–H and O–H groups in total. The number of benzene rings is 2. The fraction of sp³-hybridized carbons (Fsp3) is 0.222. The third kappa shape index (κ3) is 4.92. The number of hydrogen-bond acceptors (Lipinski definition) is 4. The Labute approximate surface area is 136 Å². The van der Waals surface area contributed by atoms with Crippen LogP contribution in [0, 0.1) is 6.42 Å². The van der Waals surface area contributed by atoms with Crippen LogP contribution < -0.4 is 19.9 Å². The summed E-state index contributed by atoms with van der Waals surface area (Å²) in [4.78, 5) is 10.7. The zero-order chi connectivity index (χ0) is 16.7. The number of ether oxygens (including phenoxy) is 3. The quantitative estimate of drug-likeness (QED) is 0.851. The molecule has 2 aromatic carbocycles. The van der Waals surface area contributed by atoms with E-state index in [0.717, 1.165) is 29.7 Å². The Bertz CT molecular complexity index is 653. The molecule has 0 aliphatic heterocycles. The van der Waals surface area contributed by atoms with Gasteiger partial charge in [-0.3, -0.25) is 0 Å². The van der Waals surface area contributed by atoms with Crippen molar-refractivity contribution in [3.8, 4) is 17.2 Å². The molecule has 2 aromatic rings. The third-order valence-corrected chi connectivity index (χ3v) is 3.36. The first-order valence-electron chi connectivity index (χ1n) is 7.24. The number of carbonyl (C=O) groups is 1. The number of hydrogen-bond donors (Lipinski definition) is 1. The molecule has 1 amide bonds. The number of carbonyl (C=O) groups excluding carboxylic acids is 1. The molecule has 0 heterocycles. The van der Waals surface area contributed by atoms with Gasteiger partial charge in [-0.2, -0.15) is 0 Å². The van der Waals surface area contributed by atoms with Crippen LogP contribution >= 0.6 is 0 Å². The third-order valence-electron chi connectivity index (χ3n) is 3.36. The predicted octanol–water partition coefficient (Wildman–Crippen LogP) is 3.35. The molecule has 0 aliphatic rings. The van der Waals surface area contributed by atoms with E-state index in [9.17, 15) is 4.79 Å². The lowest BCUT2D eigenvalue weighted by Crippen LogP contribution is -2.16. The molecule has 0 atom stereocenters. The van der Waals surface area contributed by atoms with Crippen LogP contribution in [0.15, 0.2) is 42.5 Å². The van der Waals surface area contributed by atoms with Crippen LogP contribution in [0.5, 0.6) is 17.2 Å². The highest BCUT2D eigenvalue weighted by Crippen LogP contribution is 2.28. The van der Waals surface area contributed by atoms with Crippen molar-refractivity contribution in [1.82, 2.24) is 0 Å². The van der Waals surface area contributed by atoms with Crippen molar-refractivity contribution in [2.24, 2.45) is 5.73 Å². The summed E-state index contributed by atoms with van der Waals surface area (Å²) in [6.45, 7) is 0. The van der Waals surface area contributed by atoms with Crippen LogP contribution in [0.1, 0.15) is 17.5 Å². The van der Waals surface area contributed by atoms with Crippen molar-refractivity contribution in [2.45, 2.75) is 12.8 Å². The Morgan fingerprint density at radius 3 is 2.35 bits per heavy atom. The second-order valence-electron chi connectivity index (χ2n) is 4.92. The Morgan fingerprint density at radius 2 is 1.74 bits per heavy atom. The summed E-state index contributed by atoms with van der Waals surface area (Å²) < 4.78 is 15.3. The first kappa shape index (κ1) is 16.7. The molecule has 0 saturated carbocycles. The van der Waals surface area contributed by atoms with E-state index >= 15 is 0 Å². The summed E-state index contributed by atoms with van der Waals surface area (Å²) in [5.41, 5.74) is 7.20. The smallest absolute Gasteiger partial charge is 0.409 e. The molecule has 0 aliphatic carbocycles. The van der Waals surface area contributed by atoms with Crippen molar-refractivity contribution in [3.05, 3.63) is 60.0 Å². The maximum absolute atomic E-state index is 10.7. The molecule has 5 heteroatoms. The van der Waals surface area contributed by atoms with E-state index in [2.05, 4.69) is 6.42 Å². The van der Waals surface area contributed by atoms with Crippen LogP contribution in [0.3, 0.4) is 0 Å². The van der Waals surface area contributed by atoms with Crippen LogP contribution in [0.4, 0.5) is 4.79 Å². The number of rotatable bonds is 7. The van der Waals surface area contributed by atoms with Gasteiger partial charge in [0.1, 0.15) is 5.75 Å². The van der Waals surface area contributed by atoms with E-state index in [1.807, 2.05) is 30.3 Å². The largest absolute Gasteiger partial charge is 0.493 e. The van der Waals surface area contributed by atoms with Crippen molar-refractivity contribution in [1.29, 1.82) is 0 Å². The van der Waals surface area contributed by atoms with Crippen molar-refractivity contribution < 1.29 is 19.0 Å². The van der Waals surface area contributed by atoms with Crippen LogP contribution in [0.25, 0.3) is 0 Å². The zero-order valence-corrected chi connectivity index (χ0v) is 13.2. The second-order valence-corrected chi connectivity index (χ2v) is 4.92. The lowest BCUT2D eigenvalue weighted by atomic mass is 10.0. The van der Waals surface area contributed by atoms with Crippen molar-refractivity contribution >= 4 is 6.09 Å². The standard InChI is InChI=1S/C18H20NO4/c1-21-16-11-8-14(12-17(16)22-2)5-3-4-13-6-9-15(10-7-13)23-18(19)20/h5-12H,3-4H2,1-2H3,(H2,19,20). The van der Waals surface area contributed by atoms with Crippen molar-refractivity contribution in [3.63, 3.8) is 0 Å². The molecule has 121 valence electrons. The van der Waals surface area contributed by atoms with Gasteiger partial charge in [0.25, 0.3) is 0 Å². The molecule has 23 heavy (non-hydrogen) atoms. The molecular weight excluding hydrogens is 294 g/mol. The summed E-state index contributed by atoms with van der Waals surface area (Å²) >= 11 is 0. The van der Waals surface area contributed by atoms with Gasteiger partial charge in [0.15, 0.2) is 11.5 Å². The normalized spacial score (nSPS) is 10.2. The monoisotopic (exact) mass is 314 g/mol. The van der Waals surface area contributed by atoms with Crippen molar-refractivity contribution in [2.75, 3.05) is 14.2 Å². The van der Waals surface area contributed by atoms with E-state index < -0.39 is 6.09 Å². The second kappa shape index (κ2) is 8.08. The molecule has 0 bridgehead atoms. The highest BCUT2D eigenvalue weighted by molar-refractivity contribution is 5.68. The first-order chi connectivity index (χ1) is 11.1. The van der Waals surface area contributed by atoms with Gasteiger partial charge >= 0.3 is 6.09 Å². The van der Waals surface area contributed by atoms with Gasteiger partial charge in [0.05, 0.1) is 14.2 Å². The fourth-order valence-corrected chi connectivity index (χ4v) is 2.23. The van der Waals surface area contributed by atoms with Gasteiger partial charge < -0.3 is 19.9 Å². The van der Waals surface area contributed by atoms with E-state index in [-0.39, 0.29) is 0 Å². The fourth-order valence-electron chi connectivity index (χ4n) is 2.23. The Kier molecular flexibility index (Phi) is 5.86. The lowest BCUT2D eigenvalue weighted by Gasteiger charge is -2.09. The molecule has 2 rings (SSSR count). The Morgan fingerprint density at radius 1 is 1.04 bits per heavy atom. The van der Waals surface area contributed by atoms with Crippen LogP contribution in [-0.4, -0.2) is 20.3 Å². The molecule has 5 nitrogen and oxygen atoms in total. The summed E-state index contributed by atoms with van der Waals surface area (Å²) in [6.07, 6.45) is 3.09. The minimum absolute atomic E-state index is 0.449. The number of primary amides is 1. The van der Waals surface area contributed by atoms with Gasteiger partial charge in [-0.25, -0.2) is 4.79 Å². The highest BCUT2D eigenvalue weighted by atomic mass is 16.5. The van der Waals surface area contributed by atoms with Gasteiger partial charge in [-0.1, -0.05) is 18.2 Å². The molecule has 0 spiro atoms. The SMILES string of the molecule is COc1ccc([CH]CCc2ccc(OC(N)=O)cc2)cc1OC. The van der Waals surface area contributed by atoms with Gasteiger partial charge in [-0.05, 0) is 54.7 Å². The molecule has 0 saturated heterocycles. The highest BCUT2D eigenvalue weighted by Gasteiger charge is 2.05. The molecule has 0 unspecified atom stereocenters. The average molecular weight is 314 g/mol. The summed E-state index contributed by atoms with van der Waals surface area (Å²) in [5, 5.41) is 0. The summed E-state index contributed by atoms with van der Waals surface area (Å²) in [6, 6.07) is 13.1. The Hall–Kier alpha value is -2.69. The average Bonchev–Trinajstić information content (AvgIpc) is 2.55. The molecule has 1 radical (unpaired) electrons. The summed E-state index contributed by atoms with van der Waals surface area (Å²) in [7, 11) is 3.24. The lowest BCUT2D eigenvalue weighted by molar-refractivity contribution is 0.211. The molecule has 0 aromatic heterocycles. The number of methoxy groups -OCH3 is 2. The minimum atomic E-state index is -0.806. The number of aryl methyl sites for hydroxylation is 1. The minimum Gasteiger partial charge on any atom is -0.493 e. The zero-order valence-electron chi connectivity index (χ0n) is 13.2. The van der Waals surface area contributed by atoms with Gasteiger partial charge in [0, 0.05) is 0 Å². The van der Waals surface area contributed by atoms with Gasteiger partial charge in [-0.15, -0.1) is 0 Å². The molecular formula is C18H20NO4. The first-order valence-corrected chi connectivity index (χ1v) is 7.24. The number of nitrogens with two attached hydrogens (primary N) is 1. The van der Waals surface area contributed by atoms with E-state index in [1.54, 1.807) is 26.4 Å². The Balaban J connectivity index is 1.88. The van der Waals surface area contributed by atoms with E-state index in [4.69, 9.17) is 19.9 Å².